The highest BCUT2D eigenvalue weighted by molar-refractivity contribution is 5.24. The zero-order chi connectivity index (χ0) is 13.9. The van der Waals surface area contributed by atoms with Crippen molar-refractivity contribution in [2.24, 2.45) is 0 Å². The number of rotatable bonds is 4. The Morgan fingerprint density at radius 2 is 1.79 bits per heavy atom. The Balaban J connectivity index is 1.94. The molecule has 0 radical (unpaired) electrons. The fourth-order valence-corrected chi connectivity index (χ4v) is 2.32. The van der Waals surface area contributed by atoms with Crippen LogP contribution in [0.2, 0.25) is 0 Å². The molecular formula is C16H25NO2. The third-order valence-electron chi connectivity index (χ3n) is 3.59. The van der Waals surface area contributed by atoms with Gasteiger partial charge in [-0.1, -0.05) is 36.8 Å². The van der Waals surface area contributed by atoms with Crippen molar-refractivity contribution in [3.8, 4) is 0 Å². The van der Waals surface area contributed by atoms with E-state index in [-0.39, 0.29) is 6.04 Å². The zero-order valence-electron chi connectivity index (χ0n) is 12.4. The Bertz CT molecular complexity index is 390. The maximum absolute atomic E-state index is 5.69. The van der Waals surface area contributed by atoms with E-state index in [1.54, 1.807) is 0 Å². The molecule has 1 saturated heterocycles. The van der Waals surface area contributed by atoms with Gasteiger partial charge < -0.3 is 14.8 Å². The lowest BCUT2D eigenvalue weighted by Crippen LogP contribution is -2.49. The van der Waals surface area contributed by atoms with Crippen molar-refractivity contribution in [1.29, 1.82) is 0 Å². The predicted molar refractivity (Wildman–Crippen MR) is 77.1 cm³/mol. The normalized spacial score (nSPS) is 21.3. The highest BCUT2D eigenvalue weighted by Gasteiger charge is 2.29. The van der Waals surface area contributed by atoms with E-state index in [9.17, 15) is 0 Å². The molecule has 0 bridgehead atoms. The summed E-state index contributed by atoms with van der Waals surface area (Å²) in [5.41, 5.74) is 2.63. The summed E-state index contributed by atoms with van der Waals surface area (Å²) in [5.74, 6) is -0.441. The average Bonchev–Trinajstić information content (AvgIpc) is 2.39. The lowest BCUT2D eigenvalue weighted by atomic mass is 10.0. The molecule has 1 unspecified atom stereocenters. The van der Waals surface area contributed by atoms with Gasteiger partial charge in [-0.25, -0.2) is 0 Å². The van der Waals surface area contributed by atoms with E-state index in [0.717, 1.165) is 6.42 Å². The quantitative estimate of drug-likeness (QED) is 0.905. The molecule has 106 valence electrons. The Labute approximate surface area is 116 Å². The summed E-state index contributed by atoms with van der Waals surface area (Å²) in [6.45, 7) is 9.64. The second kappa shape index (κ2) is 6.04. The molecule has 1 heterocycles. The molecular weight excluding hydrogens is 238 g/mol. The Morgan fingerprint density at radius 1 is 1.21 bits per heavy atom. The maximum Gasteiger partial charge on any atom is 0.162 e. The minimum Gasteiger partial charge on any atom is -0.349 e. The third-order valence-corrected chi connectivity index (χ3v) is 3.59. The summed E-state index contributed by atoms with van der Waals surface area (Å²) in [6.07, 6.45) is 1.06. The Kier molecular flexibility index (Phi) is 4.61. The molecule has 0 aromatic heterocycles. The van der Waals surface area contributed by atoms with E-state index in [4.69, 9.17) is 9.47 Å². The first-order chi connectivity index (χ1) is 9.00. The zero-order valence-corrected chi connectivity index (χ0v) is 12.4. The number of ether oxygens (including phenoxy) is 2. The van der Waals surface area contributed by atoms with Crippen molar-refractivity contribution in [3.63, 3.8) is 0 Å². The van der Waals surface area contributed by atoms with E-state index in [0.29, 0.717) is 19.3 Å². The Hall–Kier alpha value is -0.900. The van der Waals surface area contributed by atoms with Crippen LogP contribution in [0.1, 0.15) is 44.4 Å². The van der Waals surface area contributed by atoms with E-state index >= 15 is 0 Å². The van der Waals surface area contributed by atoms with E-state index in [1.807, 2.05) is 13.8 Å². The maximum atomic E-state index is 5.69. The van der Waals surface area contributed by atoms with Crippen LogP contribution in [-0.4, -0.2) is 25.0 Å². The number of benzene rings is 1. The van der Waals surface area contributed by atoms with Crippen LogP contribution in [0.5, 0.6) is 0 Å². The summed E-state index contributed by atoms with van der Waals surface area (Å²) in [5, 5.41) is 3.63. The number of hydrogen-bond acceptors (Lipinski definition) is 3. The van der Waals surface area contributed by atoms with Crippen molar-refractivity contribution in [3.05, 3.63) is 35.4 Å². The second-order valence-corrected chi connectivity index (χ2v) is 5.76. The second-order valence-electron chi connectivity index (χ2n) is 5.76. The van der Waals surface area contributed by atoms with Gasteiger partial charge in [-0.3, -0.25) is 0 Å². The van der Waals surface area contributed by atoms with Gasteiger partial charge in [0.15, 0.2) is 5.79 Å². The molecule has 1 aromatic carbocycles. The monoisotopic (exact) mass is 263 g/mol. The average molecular weight is 263 g/mol. The largest absolute Gasteiger partial charge is 0.349 e. The van der Waals surface area contributed by atoms with Crippen molar-refractivity contribution in [1.82, 2.24) is 5.32 Å². The van der Waals surface area contributed by atoms with Crippen molar-refractivity contribution >= 4 is 0 Å². The standard InChI is InChI=1S/C16H25NO2/c1-5-15(13-8-6-12(2)7-9-13)17-14-10-18-16(3,4)19-11-14/h6-9,14-15,17H,5,10-11H2,1-4H3. The van der Waals surface area contributed by atoms with Crippen LogP contribution < -0.4 is 5.32 Å². The first kappa shape index (κ1) is 14.5. The van der Waals surface area contributed by atoms with Gasteiger partial charge in [-0.05, 0) is 32.8 Å². The number of hydrogen-bond donors (Lipinski definition) is 1. The van der Waals surface area contributed by atoms with Crippen molar-refractivity contribution in [2.75, 3.05) is 13.2 Å². The highest BCUT2D eigenvalue weighted by Crippen LogP contribution is 2.21. The third kappa shape index (κ3) is 4.03. The molecule has 19 heavy (non-hydrogen) atoms. The number of nitrogens with one attached hydrogen (secondary N) is 1. The van der Waals surface area contributed by atoms with E-state index < -0.39 is 5.79 Å². The lowest BCUT2D eigenvalue weighted by Gasteiger charge is -2.37. The minimum absolute atomic E-state index is 0.263. The molecule has 0 aliphatic carbocycles. The molecule has 1 aromatic rings. The molecule has 1 aliphatic rings. The molecule has 0 amide bonds. The molecule has 0 spiro atoms. The van der Waals surface area contributed by atoms with Crippen LogP contribution in [-0.2, 0) is 9.47 Å². The van der Waals surface area contributed by atoms with Gasteiger partial charge in [0.2, 0.25) is 0 Å². The van der Waals surface area contributed by atoms with Gasteiger partial charge in [0.25, 0.3) is 0 Å². The van der Waals surface area contributed by atoms with E-state index in [2.05, 4.69) is 43.4 Å². The predicted octanol–water partition coefficient (Wildman–Crippen LogP) is 3.19. The highest BCUT2D eigenvalue weighted by atomic mass is 16.7. The van der Waals surface area contributed by atoms with Gasteiger partial charge >= 0.3 is 0 Å². The van der Waals surface area contributed by atoms with Crippen LogP contribution in [0, 0.1) is 6.92 Å². The van der Waals surface area contributed by atoms with Crippen LogP contribution in [0.15, 0.2) is 24.3 Å². The molecule has 1 atom stereocenters. The SMILES string of the molecule is CCC(NC1COC(C)(C)OC1)c1ccc(C)cc1. The Morgan fingerprint density at radius 3 is 2.32 bits per heavy atom. The van der Waals surface area contributed by atoms with Crippen molar-refractivity contribution < 1.29 is 9.47 Å². The van der Waals surface area contributed by atoms with Gasteiger partial charge in [0.05, 0.1) is 19.3 Å². The summed E-state index contributed by atoms with van der Waals surface area (Å²) in [6, 6.07) is 9.35. The molecule has 2 rings (SSSR count). The first-order valence-electron chi connectivity index (χ1n) is 7.10. The molecule has 1 fully saturated rings. The summed E-state index contributed by atoms with van der Waals surface area (Å²) >= 11 is 0. The molecule has 3 nitrogen and oxygen atoms in total. The fraction of sp³-hybridized carbons (Fsp3) is 0.625. The minimum atomic E-state index is -0.441. The molecule has 1 aliphatic heterocycles. The van der Waals surface area contributed by atoms with Crippen LogP contribution in [0.3, 0.4) is 0 Å². The van der Waals surface area contributed by atoms with Crippen LogP contribution >= 0.6 is 0 Å². The topological polar surface area (TPSA) is 30.5 Å². The smallest absolute Gasteiger partial charge is 0.162 e. The first-order valence-corrected chi connectivity index (χ1v) is 7.10. The fourth-order valence-electron chi connectivity index (χ4n) is 2.32. The molecule has 3 heteroatoms. The molecule has 1 N–H and O–H groups in total. The van der Waals surface area contributed by atoms with Crippen molar-refractivity contribution in [2.45, 2.75) is 52.0 Å². The van der Waals surface area contributed by atoms with Crippen LogP contribution in [0.4, 0.5) is 0 Å². The van der Waals surface area contributed by atoms with Crippen LogP contribution in [0.25, 0.3) is 0 Å². The van der Waals surface area contributed by atoms with Gasteiger partial charge in [-0.15, -0.1) is 0 Å². The lowest BCUT2D eigenvalue weighted by molar-refractivity contribution is -0.253. The van der Waals surface area contributed by atoms with Gasteiger partial charge in [-0.2, -0.15) is 0 Å². The van der Waals surface area contributed by atoms with Gasteiger partial charge in [0.1, 0.15) is 0 Å². The van der Waals surface area contributed by atoms with Gasteiger partial charge in [0, 0.05) is 6.04 Å². The van der Waals surface area contributed by atoms with E-state index in [1.165, 1.54) is 11.1 Å². The summed E-state index contributed by atoms with van der Waals surface area (Å²) < 4.78 is 11.4. The molecule has 0 saturated carbocycles. The summed E-state index contributed by atoms with van der Waals surface area (Å²) in [4.78, 5) is 0. The number of aryl methyl sites for hydroxylation is 1. The summed E-state index contributed by atoms with van der Waals surface area (Å²) in [7, 11) is 0.